The van der Waals surface area contributed by atoms with Crippen molar-refractivity contribution in [1.29, 1.82) is 0 Å². The van der Waals surface area contributed by atoms with Crippen LogP contribution in [0.3, 0.4) is 0 Å². The molecule has 5 rings (SSSR count). The van der Waals surface area contributed by atoms with E-state index in [2.05, 4.69) is 32.0 Å². The minimum Gasteiger partial charge on any atom is -0.466 e. The number of carbonyl (C=O) groups excluding carboxylic acids is 1. The average Bonchev–Trinajstić information content (AvgIpc) is 3.17. The number of carbonyl (C=O) groups is 1. The van der Waals surface area contributed by atoms with Crippen LogP contribution in [0.4, 0.5) is 0 Å². The Kier molecular flexibility index (Phi) is 4.16. The summed E-state index contributed by atoms with van der Waals surface area (Å²) in [6, 6.07) is 10.3. The van der Waals surface area contributed by atoms with Gasteiger partial charge in [-0.25, -0.2) is 5.01 Å². The highest BCUT2D eigenvalue weighted by atomic mass is 79.9. The summed E-state index contributed by atoms with van der Waals surface area (Å²) in [5, 5.41) is 7.20. The zero-order valence-corrected chi connectivity index (χ0v) is 17.2. The molecule has 1 aromatic heterocycles. The number of hydrogen-bond donors (Lipinski definition) is 0. The number of likely N-dealkylation sites (tertiary alicyclic amines) is 1. The van der Waals surface area contributed by atoms with Crippen molar-refractivity contribution in [3.05, 3.63) is 58.3 Å². The molecule has 0 saturated carbocycles. The molecule has 0 aliphatic carbocycles. The van der Waals surface area contributed by atoms with E-state index in [-0.39, 0.29) is 11.9 Å². The van der Waals surface area contributed by atoms with E-state index in [0.29, 0.717) is 13.1 Å². The molecular formula is C21H21BrN4O2. The Morgan fingerprint density at radius 1 is 1.21 bits per heavy atom. The number of hydrazone groups is 1. The zero-order valence-electron chi connectivity index (χ0n) is 15.6. The zero-order chi connectivity index (χ0) is 19.3. The number of benzene rings is 1. The number of ether oxygens (including phenoxy) is 1. The minimum atomic E-state index is -0.508. The third-order valence-electron chi connectivity index (χ3n) is 5.96. The Morgan fingerprint density at radius 2 is 1.96 bits per heavy atom. The Hall–Kier alpha value is -2.41. The Labute approximate surface area is 172 Å². The first-order valence-corrected chi connectivity index (χ1v) is 10.4. The van der Waals surface area contributed by atoms with Gasteiger partial charge >= 0.3 is 0 Å². The summed E-state index contributed by atoms with van der Waals surface area (Å²) in [5.41, 5.74) is 2.79. The van der Waals surface area contributed by atoms with Crippen LogP contribution in [-0.4, -0.2) is 45.3 Å². The lowest BCUT2D eigenvalue weighted by atomic mass is 9.91. The monoisotopic (exact) mass is 440 g/mol. The first kappa shape index (κ1) is 17.7. The van der Waals surface area contributed by atoms with E-state index in [4.69, 9.17) is 9.84 Å². The summed E-state index contributed by atoms with van der Waals surface area (Å²) in [4.78, 5) is 17.8. The van der Waals surface area contributed by atoms with Gasteiger partial charge in [0.25, 0.3) is 0 Å². The van der Waals surface area contributed by atoms with Crippen molar-refractivity contribution in [3.63, 3.8) is 0 Å². The van der Waals surface area contributed by atoms with Crippen LogP contribution in [0.1, 0.15) is 43.4 Å². The first-order valence-electron chi connectivity index (χ1n) is 9.57. The fourth-order valence-electron chi connectivity index (χ4n) is 4.47. The predicted octanol–water partition coefficient (Wildman–Crippen LogP) is 3.73. The molecule has 3 aliphatic heterocycles. The molecule has 4 heterocycles. The van der Waals surface area contributed by atoms with Crippen LogP contribution in [0.15, 0.2) is 52.3 Å². The Morgan fingerprint density at radius 3 is 2.68 bits per heavy atom. The maximum Gasteiger partial charge on any atom is 0.219 e. The summed E-state index contributed by atoms with van der Waals surface area (Å²) in [6.07, 6.45) is 5.92. The summed E-state index contributed by atoms with van der Waals surface area (Å²) >= 11 is 3.59. The standard InChI is InChI=1S/C21H21BrN4O2/c1-14(27)25-10-6-21(7-11-25)26-19(17-12-16(22)2-3-20(17)28-21)13-18(24-26)15-4-8-23-9-5-15/h2-5,8-9,12,19H,6-7,10-11,13H2,1H3/t19-/m1/s1. The van der Waals surface area contributed by atoms with Crippen LogP contribution in [0.5, 0.6) is 5.75 Å². The number of fused-ring (bicyclic) bond motifs is 4. The van der Waals surface area contributed by atoms with Gasteiger partial charge in [-0.3, -0.25) is 9.78 Å². The van der Waals surface area contributed by atoms with Crippen molar-refractivity contribution < 1.29 is 9.53 Å². The first-order chi connectivity index (χ1) is 13.6. The summed E-state index contributed by atoms with van der Waals surface area (Å²) in [5.74, 6) is 1.04. The van der Waals surface area contributed by atoms with Gasteiger partial charge in [0, 0.05) is 67.3 Å². The van der Waals surface area contributed by atoms with Crippen LogP contribution >= 0.6 is 15.9 Å². The van der Waals surface area contributed by atoms with Gasteiger partial charge in [-0.05, 0) is 30.3 Å². The maximum atomic E-state index is 11.8. The molecule has 144 valence electrons. The smallest absolute Gasteiger partial charge is 0.219 e. The normalized spacial score (nSPS) is 22.4. The quantitative estimate of drug-likeness (QED) is 0.677. The van der Waals surface area contributed by atoms with E-state index < -0.39 is 5.72 Å². The van der Waals surface area contributed by atoms with Crippen LogP contribution in [0, 0.1) is 0 Å². The number of pyridine rings is 1. The highest BCUT2D eigenvalue weighted by molar-refractivity contribution is 9.10. The molecule has 2 aromatic rings. The van der Waals surface area contributed by atoms with Gasteiger partial charge in [-0.2, -0.15) is 5.10 Å². The number of nitrogens with zero attached hydrogens (tertiary/aromatic N) is 4. The van der Waals surface area contributed by atoms with Crippen LogP contribution in [0.2, 0.25) is 0 Å². The fourth-order valence-corrected chi connectivity index (χ4v) is 4.85. The molecule has 0 bridgehead atoms. The third-order valence-corrected chi connectivity index (χ3v) is 6.46. The second-order valence-corrected chi connectivity index (χ2v) is 8.50. The molecule has 1 aromatic carbocycles. The van der Waals surface area contributed by atoms with Crippen molar-refractivity contribution in [3.8, 4) is 5.75 Å². The molecule has 28 heavy (non-hydrogen) atoms. The fraction of sp³-hybridized carbons (Fsp3) is 0.381. The molecule has 0 radical (unpaired) electrons. The number of amides is 1. The van der Waals surface area contributed by atoms with Gasteiger partial charge in [0.05, 0.1) is 11.8 Å². The number of halogens is 1. The van der Waals surface area contributed by atoms with E-state index >= 15 is 0 Å². The van der Waals surface area contributed by atoms with Crippen molar-refractivity contribution in [2.45, 2.75) is 38.0 Å². The largest absolute Gasteiger partial charge is 0.466 e. The number of rotatable bonds is 1. The lowest BCUT2D eigenvalue weighted by molar-refractivity contribution is -0.158. The molecular weight excluding hydrogens is 420 g/mol. The second kappa shape index (κ2) is 6.58. The van der Waals surface area contributed by atoms with Crippen LogP contribution in [-0.2, 0) is 4.79 Å². The van der Waals surface area contributed by atoms with Gasteiger partial charge in [0.15, 0.2) is 0 Å². The van der Waals surface area contributed by atoms with E-state index in [0.717, 1.165) is 46.3 Å². The lowest BCUT2D eigenvalue weighted by Crippen LogP contribution is -2.59. The highest BCUT2D eigenvalue weighted by Gasteiger charge is 2.52. The molecule has 1 amide bonds. The second-order valence-electron chi connectivity index (χ2n) is 7.58. The number of aromatic nitrogens is 1. The molecule has 0 N–H and O–H groups in total. The number of hydrogen-bond acceptors (Lipinski definition) is 5. The van der Waals surface area contributed by atoms with Crippen LogP contribution < -0.4 is 4.74 Å². The average molecular weight is 441 g/mol. The molecule has 0 unspecified atom stereocenters. The maximum absolute atomic E-state index is 11.8. The van der Waals surface area contributed by atoms with Gasteiger partial charge in [0.1, 0.15) is 5.75 Å². The van der Waals surface area contributed by atoms with Gasteiger partial charge in [0.2, 0.25) is 11.6 Å². The molecule has 7 heteroatoms. The van der Waals surface area contributed by atoms with Gasteiger partial charge in [-0.1, -0.05) is 15.9 Å². The van der Waals surface area contributed by atoms with E-state index in [1.807, 2.05) is 29.2 Å². The Bertz CT molecular complexity index is 954. The highest BCUT2D eigenvalue weighted by Crippen LogP contribution is 2.50. The topological polar surface area (TPSA) is 58.0 Å². The molecule has 3 aliphatic rings. The summed E-state index contributed by atoms with van der Waals surface area (Å²) in [6.45, 7) is 3.00. The molecule has 1 spiro atoms. The Balaban J connectivity index is 1.56. The van der Waals surface area contributed by atoms with Crippen molar-refractivity contribution >= 4 is 27.5 Å². The molecule has 1 fully saturated rings. The molecule has 1 atom stereocenters. The van der Waals surface area contributed by atoms with Crippen molar-refractivity contribution in [1.82, 2.24) is 14.9 Å². The summed E-state index contributed by atoms with van der Waals surface area (Å²) < 4.78 is 7.63. The summed E-state index contributed by atoms with van der Waals surface area (Å²) in [7, 11) is 0. The lowest BCUT2D eigenvalue weighted by Gasteiger charge is -2.51. The molecule has 1 saturated heterocycles. The van der Waals surface area contributed by atoms with Gasteiger partial charge < -0.3 is 9.64 Å². The minimum absolute atomic E-state index is 0.119. The van der Waals surface area contributed by atoms with Crippen molar-refractivity contribution in [2.75, 3.05) is 13.1 Å². The van der Waals surface area contributed by atoms with Crippen LogP contribution in [0.25, 0.3) is 0 Å². The van der Waals surface area contributed by atoms with E-state index in [9.17, 15) is 4.79 Å². The van der Waals surface area contributed by atoms with E-state index in [1.54, 1.807) is 19.3 Å². The SMILES string of the molecule is CC(=O)N1CCC2(CC1)Oc1ccc(Br)cc1[C@H]1CC(c3ccncc3)=NN12. The van der Waals surface area contributed by atoms with Crippen molar-refractivity contribution in [2.24, 2.45) is 5.10 Å². The predicted molar refractivity (Wildman–Crippen MR) is 109 cm³/mol. The molecule has 6 nitrogen and oxygen atoms in total. The third kappa shape index (κ3) is 2.80. The van der Waals surface area contributed by atoms with E-state index in [1.165, 1.54) is 0 Å². The van der Waals surface area contributed by atoms with Gasteiger partial charge in [-0.15, -0.1) is 0 Å². The number of piperidine rings is 1.